The maximum absolute atomic E-state index is 13.2. The molecule has 0 aliphatic heterocycles. The second kappa shape index (κ2) is 12.0. The van der Waals surface area contributed by atoms with E-state index in [9.17, 15) is 19.2 Å². The van der Waals surface area contributed by atoms with E-state index in [2.05, 4.69) is 9.47 Å². The minimum absolute atomic E-state index is 0.100. The van der Waals surface area contributed by atoms with Crippen LogP contribution in [0.15, 0.2) is 95.3 Å². The van der Waals surface area contributed by atoms with Crippen molar-refractivity contribution >= 4 is 56.1 Å². The molecule has 0 atom stereocenters. The van der Waals surface area contributed by atoms with E-state index in [1.54, 1.807) is 47.0 Å². The summed E-state index contributed by atoms with van der Waals surface area (Å²) in [6.07, 6.45) is 1.37. The first kappa shape index (κ1) is 27.5. The molecule has 0 unspecified atom stereocenters. The number of aromatic nitrogens is 1. The Morgan fingerprint density at radius 2 is 1.46 bits per heavy atom. The van der Waals surface area contributed by atoms with Gasteiger partial charge in [0.25, 0.3) is 0 Å². The number of benzene rings is 4. The van der Waals surface area contributed by atoms with Crippen molar-refractivity contribution in [2.75, 3.05) is 20.8 Å². The summed E-state index contributed by atoms with van der Waals surface area (Å²) in [6.45, 7) is 0.543. The zero-order valence-corrected chi connectivity index (χ0v) is 23.1. The van der Waals surface area contributed by atoms with E-state index in [0.29, 0.717) is 29.0 Å². The van der Waals surface area contributed by atoms with Gasteiger partial charge in [-0.3, -0.25) is 14.2 Å². The monoisotopic (exact) mass is 567 g/mol. The zero-order valence-electron chi connectivity index (χ0n) is 22.3. The highest BCUT2D eigenvalue weighted by Gasteiger charge is 2.19. The van der Waals surface area contributed by atoms with Crippen LogP contribution in [0.2, 0.25) is 0 Å². The van der Waals surface area contributed by atoms with Crippen molar-refractivity contribution < 1.29 is 28.6 Å². The van der Waals surface area contributed by atoms with E-state index in [0.717, 1.165) is 32.3 Å². The molecular weight excluding hydrogens is 542 g/mol. The quantitative estimate of drug-likeness (QED) is 0.0788. The largest absolute Gasteiger partial charge is 0.492 e. The first-order valence-corrected chi connectivity index (χ1v) is 13.5. The average Bonchev–Trinajstić information content (AvgIpc) is 3.33. The summed E-state index contributed by atoms with van der Waals surface area (Å²) in [5, 5.41) is 2.06. The predicted molar refractivity (Wildman–Crippen MR) is 157 cm³/mol. The lowest BCUT2D eigenvalue weighted by molar-refractivity contribution is -0.143. The van der Waals surface area contributed by atoms with Crippen LogP contribution in [0, 0.1) is 0 Å². The van der Waals surface area contributed by atoms with E-state index >= 15 is 0 Å². The number of nitrogens with zero attached hydrogens (tertiary/aromatic N) is 1. The number of ether oxygens (including phenoxy) is 3. The number of carbonyl (C=O) groups is 3. The molecule has 0 bridgehead atoms. The third kappa shape index (κ3) is 5.95. The van der Waals surface area contributed by atoms with Gasteiger partial charge >= 0.3 is 16.8 Å². The van der Waals surface area contributed by atoms with Gasteiger partial charge in [-0.15, -0.1) is 0 Å². The highest BCUT2D eigenvalue weighted by atomic mass is 32.1. The first-order chi connectivity index (χ1) is 19.9. The number of rotatable bonds is 9. The maximum atomic E-state index is 13.2. The van der Waals surface area contributed by atoms with Gasteiger partial charge in [-0.2, -0.15) is 0 Å². The Bertz CT molecular complexity index is 1850. The van der Waals surface area contributed by atoms with Crippen LogP contribution in [0.25, 0.3) is 27.1 Å². The topological polar surface area (TPSA) is 101 Å². The number of ketones is 1. The van der Waals surface area contributed by atoms with Gasteiger partial charge in [0.05, 0.1) is 31.0 Å². The van der Waals surface area contributed by atoms with Crippen molar-refractivity contribution in [3.05, 3.63) is 117 Å². The molecule has 0 N–H and O–H groups in total. The molecule has 4 aromatic carbocycles. The fraction of sp³-hybridized carbons (Fsp3) is 0.125. The molecule has 0 radical (unpaired) electrons. The molecule has 0 fully saturated rings. The SMILES string of the molecule is COC(=O)C(=Cc1ccc(OCCn2c(=O)sc3cc(C(=O)c4ccc5ccccc5c4)ccc32)cc1)C(=O)OC. The Labute approximate surface area is 239 Å². The minimum Gasteiger partial charge on any atom is -0.492 e. The first-order valence-electron chi connectivity index (χ1n) is 12.7. The molecule has 0 aliphatic carbocycles. The van der Waals surface area contributed by atoms with Gasteiger partial charge in [0.15, 0.2) is 5.78 Å². The van der Waals surface area contributed by atoms with Crippen molar-refractivity contribution in [2.24, 2.45) is 0 Å². The van der Waals surface area contributed by atoms with Gasteiger partial charge in [0, 0.05) is 11.1 Å². The summed E-state index contributed by atoms with van der Waals surface area (Å²) in [7, 11) is 2.37. The minimum atomic E-state index is -0.796. The molecule has 206 valence electrons. The molecule has 41 heavy (non-hydrogen) atoms. The standard InChI is InChI=1S/C32H25NO7S/c1-38-30(35)26(31(36)39-2)17-20-7-12-25(13-8-20)40-16-15-33-27-14-11-24(19-28(27)41-32(33)37)29(34)23-10-9-21-5-3-4-6-22(21)18-23/h3-14,17-19H,15-16H2,1-2H3. The summed E-state index contributed by atoms with van der Waals surface area (Å²) >= 11 is 1.09. The number of carbonyl (C=O) groups excluding carboxylic acids is 3. The highest BCUT2D eigenvalue weighted by Crippen LogP contribution is 2.23. The smallest absolute Gasteiger partial charge is 0.345 e. The van der Waals surface area contributed by atoms with Gasteiger partial charge in [-0.1, -0.05) is 59.9 Å². The van der Waals surface area contributed by atoms with Crippen molar-refractivity contribution in [1.29, 1.82) is 0 Å². The molecular formula is C32H25NO7S. The van der Waals surface area contributed by atoms with Crippen molar-refractivity contribution in [3.8, 4) is 5.75 Å². The lowest BCUT2D eigenvalue weighted by Crippen LogP contribution is -2.17. The zero-order chi connectivity index (χ0) is 28.9. The van der Waals surface area contributed by atoms with Crippen LogP contribution in [0.4, 0.5) is 0 Å². The molecule has 5 aromatic rings. The van der Waals surface area contributed by atoms with Gasteiger partial charge in [-0.05, 0) is 58.8 Å². The molecule has 0 saturated carbocycles. The van der Waals surface area contributed by atoms with E-state index in [1.165, 1.54) is 20.3 Å². The molecule has 0 saturated heterocycles. The van der Waals surface area contributed by atoms with Crippen molar-refractivity contribution in [2.45, 2.75) is 6.54 Å². The van der Waals surface area contributed by atoms with Gasteiger partial charge < -0.3 is 14.2 Å². The molecule has 1 aromatic heterocycles. The van der Waals surface area contributed by atoms with E-state index in [4.69, 9.17) is 4.74 Å². The van der Waals surface area contributed by atoms with Crippen molar-refractivity contribution in [1.82, 2.24) is 4.57 Å². The Morgan fingerprint density at radius 1 is 0.805 bits per heavy atom. The van der Waals surface area contributed by atoms with Crippen LogP contribution in [0.5, 0.6) is 5.75 Å². The Hall–Kier alpha value is -5.02. The second-order valence-electron chi connectivity index (χ2n) is 9.05. The molecule has 1 heterocycles. The third-order valence-corrected chi connectivity index (χ3v) is 7.47. The predicted octanol–water partition coefficient (Wildman–Crippen LogP) is 5.26. The Balaban J connectivity index is 1.27. The number of hydrogen-bond acceptors (Lipinski definition) is 8. The van der Waals surface area contributed by atoms with Crippen LogP contribution in [0.1, 0.15) is 21.5 Å². The van der Waals surface area contributed by atoms with Crippen LogP contribution in [0.3, 0.4) is 0 Å². The van der Waals surface area contributed by atoms with E-state index < -0.39 is 11.9 Å². The lowest BCUT2D eigenvalue weighted by Gasteiger charge is -2.09. The number of hydrogen-bond donors (Lipinski definition) is 0. The van der Waals surface area contributed by atoms with Crippen LogP contribution < -0.4 is 9.61 Å². The fourth-order valence-electron chi connectivity index (χ4n) is 4.42. The Kier molecular flexibility index (Phi) is 8.07. The second-order valence-corrected chi connectivity index (χ2v) is 10.0. The van der Waals surface area contributed by atoms with Gasteiger partial charge in [0.1, 0.15) is 17.9 Å². The van der Waals surface area contributed by atoms with Crippen LogP contribution in [-0.2, 0) is 25.6 Å². The van der Waals surface area contributed by atoms with Crippen LogP contribution in [-0.4, -0.2) is 43.1 Å². The lowest BCUT2D eigenvalue weighted by atomic mass is 10.00. The molecule has 0 spiro atoms. The molecule has 9 heteroatoms. The van der Waals surface area contributed by atoms with Crippen LogP contribution >= 0.6 is 11.3 Å². The maximum Gasteiger partial charge on any atom is 0.345 e. The number of thiazole rings is 1. The summed E-state index contributed by atoms with van der Waals surface area (Å²) in [5.74, 6) is -1.14. The summed E-state index contributed by atoms with van der Waals surface area (Å²) in [5.41, 5.74) is 2.20. The van der Waals surface area contributed by atoms with E-state index in [-0.39, 0.29) is 22.8 Å². The molecule has 0 aliphatic rings. The van der Waals surface area contributed by atoms with Gasteiger partial charge in [-0.25, -0.2) is 9.59 Å². The van der Waals surface area contributed by atoms with E-state index in [1.807, 2.05) is 42.5 Å². The summed E-state index contributed by atoms with van der Waals surface area (Å²) in [4.78, 5) is 49.5. The third-order valence-electron chi connectivity index (χ3n) is 6.53. The molecule has 5 rings (SSSR count). The highest BCUT2D eigenvalue weighted by molar-refractivity contribution is 7.16. The molecule has 0 amide bonds. The summed E-state index contributed by atoms with van der Waals surface area (Å²) < 4.78 is 17.4. The van der Waals surface area contributed by atoms with Crippen molar-refractivity contribution in [3.63, 3.8) is 0 Å². The summed E-state index contributed by atoms with van der Waals surface area (Å²) in [6, 6.07) is 25.6. The normalized spacial score (nSPS) is 10.8. The molecule has 8 nitrogen and oxygen atoms in total. The van der Waals surface area contributed by atoms with Gasteiger partial charge in [0.2, 0.25) is 0 Å². The Morgan fingerprint density at radius 3 is 2.17 bits per heavy atom. The number of fused-ring (bicyclic) bond motifs is 2. The fourth-order valence-corrected chi connectivity index (χ4v) is 5.38. The number of methoxy groups -OCH3 is 2. The average molecular weight is 568 g/mol. The number of esters is 2.